The highest BCUT2D eigenvalue weighted by molar-refractivity contribution is 7.16. The van der Waals surface area contributed by atoms with Gasteiger partial charge in [-0.2, -0.15) is 4.99 Å². The Hall–Kier alpha value is -3.03. The van der Waals surface area contributed by atoms with Crippen molar-refractivity contribution in [1.29, 1.82) is 0 Å². The van der Waals surface area contributed by atoms with Gasteiger partial charge in [0.2, 0.25) is 5.43 Å². The molecule has 1 amide bonds. The predicted molar refractivity (Wildman–Crippen MR) is 109 cm³/mol. The lowest BCUT2D eigenvalue weighted by molar-refractivity contribution is 0.0994. The van der Waals surface area contributed by atoms with Gasteiger partial charge in [0.25, 0.3) is 5.91 Å². The van der Waals surface area contributed by atoms with Crippen molar-refractivity contribution in [3.63, 3.8) is 0 Å². The van der Waals surface area contributed by atoms with Gasteiger partial charge in [0.1, 0.15) is 17.4 Å². The Morgan fingerprint density at radius 3 is 2.86 bits per heavy atom. The molecule has 2 aromatic heterocycles. The summed E-state index contributed by atoms with van der Waals surface area (Å²) in [6.45, 7) is 3.06. The van der Waals surface area contributed by atoms with E-state index in [9.17, 15) is 9.59 Å². The molecule has 0 N–H and O–H groups in total. The molecule has 0 bridgehead atoms. The maximum atomic E-state index is 12.8. The summed E-state index contributed by atoms with van der Waals surface area (Å²) < 4.78 is 13.6. The lowest BCUT2D eigenvalue weighted by Gasteiger charge is -2.06. The summed E-state index contributed by atoms with van der Waals surface area (Å²) in [4.78, 5) is 30.3. The average Bonchev–Trinajstić information content (AvgIpc) is 3.05. The molecule has 0 aliphatic rings. The quantitative estimate of drug-likeness (QED) is 0.531. The Morgan fingerprint density at radius 1 is 1.21 bits per heavy atom. The lowest BCUT2D eigenvalue weighted by Crippen LogP contribution is -2.21. The molecule has 0 saturated heterocycles. The largest absolute Gasteiger partial charge is 0.463 e. The van der Waals surface area contributed by atoms with Crippen molar-refractivity contribution in [3.05, 3.63) is 74.9 Å². The van der Waals surface area contributed by atoms with Crippen molar-refractivity contribution in [2.45, 2.75) is 13.5 Å². The molecule has 0 radical (unpaired) electrons. The van der Waals surface area contributed by atoms with Crippen LogP contribution in [-0.4, -0.2) is 24.2 Å². The van der Waals surface area contributed by atoms with Crippen molar-refractivity contribution in [2.24, 2.45) is 4.99 Å². The number of methoxy groups -OCH3 is 1. The zero-order valence-corrected chi connectivity index (χ0v) is 16.3. The predicted octanol–water partition coefficient (Wildman–Crippen LogP) is 3.51. The molecule has 28 heavy (non-hydrogen) atoms. The van der Waals surface area contributed by atoms with Gasteiger partial charge in [-0.05, 0) is 30.7 Å². The first kappa shape index (κ1) is 18.3. The molecular weight excluding hydrogens is 376 g/mol. The number of aryl methyl sites for hydroxylation is 1. The maximum Gasteiger partial charge on any atom is 0.286 e. The van der Waals surface area contributed by atoms with Crippen LogP contribution in [-0.2, 0) is 11.3 Å². The van der Waals surface area contributed by atoms with Crippen LogP contribution in [0.2, 0.25) is 0 Å². The van der Waals surface area contributed by atoms with Gasteiger partial charge < -0.3 is 13.7 Å². The average molecular weight is 394 g/mol. The van der Waals surface area contributed by atoms with E-state index in [0.29, 0.717) is 28.9 Å². The molecular formula is C21H18N2O4S. The Labute approximate surface area is 164 Å². The lowest BCUT2D eigenvalue weighted by atomic mass is 10.1. The van der Waals surface area contributed by atoms with E-state index in [1.54, 1.807) is 31.4 Å². The van der Waals surface area contributed by atoms with Crippen molar-refractivity contribution in [2.75, 3.05) is 13.7 Å². The van der Waals surface area contributed by atoms with E-state index in [2.05, 4.69) is 4.99 Å². The van der Waals surface area contributed by atoms with E-state index in [-0.39, 0.29) is 11.0 Å². The van der Waals surface area contributed by atoms with Gasteiger partial charge in [-0.3, -0.25) is 9.59 Å². The van der Waals surface area contributed by atoms with Crippen molar-refractivity contribution < 1.29 is 13.9 Å². The van der Waals surface area contributed by atoms with Crippen molar-refractivity contribution >= 4 is 38.4 Å². The number of nitrogens with zero attached hydrogens (tertiary/aromatic N) is 2. The summed E-state index contributed by atoms with van der Waals surface area (Å²) in [7, 11) is 1.63. The van der Waals surface area contributed by atoms with E-state index in [1.165, 1.54) is 17.6 Å². The van der Waals surface area contributed by atoms with Crippen LogP contribution in [0, 0.1) is 6.92 Å². The molecule has 6 nitrogen and oxygen atoms in total. The third kappa shape index (κ3) is 3.19. The summed E-state index contributed by atoms with van der Waals surface area (Å²) in [5, 5.41) is 0.364. The van der Waals surface area contributed by atoms with Crippen LogP contribution >= 0.6 is 11.3 Å². The van der Waals surface area contributed by atoms with Crippen LogP contribution in [0.1, 0.15) is 15.9 Å². The number of hydrogen-bond donors (Lipinski definition) is 0. The van der Waals surface area contributed by atoms with Crippen LogP contribution in [0.25, 0.3) is 21.2 Å². The number of hydrogen-bond acceptors (Lipinski definition) is 5. The molecule has 0 aliphatic heterocycles. The second-order valence-electron chi connectivity index (χ2n) is 6.34. The molecule has 0 atom stereocenters. The van der Waals surface area contributed by atoms with Gasteiger partial charge >= 0.3 is 0 Å². The molecule has 4 aromatic rings. The minimum atomic E-state index is -0.616. The van der Waals surface area contributed by atoms with Crippen LogP contribution < -0.4 is 10.2 Å². The summed E-state index contributed by atoms with van der Waals surface area (Å²) >= 11 is 1.41. The topological polar surface area (TPSA) is 73.8 Å². The molecule has 4 rings (SSSR count). The summed E-state index contributed by atoms with van der Waals surface area (Å²) in [5.41, 5.74) is 2.09. The van der Waals surface area contributed by atoms with Crippen LogP contribution in [0.4, 0.5) is 0 Å². The van der Waals surface area contributed by atoms with Gasteiger partial charge in [0.15, 0.2) is 4.80 Å². The van der Waals surface area contributed by atoms with Crippen LogP contribution in [0.15, 0.2) is 62.9 Å². The molecule has 0 aliphatic carbocycles. The number of fused-ring (bicyclic) bond motifs is 2. The fourth-order valence-electron chi connectivity index (χ4n) is 3.16. The van der Waals surface area contributed by atoms with E-state index in [0.717, 1.165) is 15.8 Å². The number of carbonyl (C=O) groups is 1. The first-order valence-corrected chi connectivity index (χ1v) is 9.59. The molecule has 142 valence electrons. The molecule has 2 heterocycles. The van der Waals surface area contributed by atoms with Crippen LogP contribution in [0.3, 0.4) is 0 Å². The summed E-state index contributed by atoms with van der Waals surface area (Å²) in [6.07, 6.45) is 1.19. The van der Waals surface area contributed by atoms with E-state index in [1.807, 2.05) is 29.7 Å². The Bertz CT molecular complexity index is 1310. The molecule has 2 aromatic carbocycles. The van der Waals surface area contributed by atoms with E-state index < -0.39 is 5.91 Å². The third-order valence-electron chi connectivity index (χ3n) is 4.53. The minimum Gasteiger partial charge on any atom is -0.463 e. The van der Waals surface area contributed by atoms with Gasteiger partial charge in [-0.25, -0.2) is 0 Å². The minimum absolute atomic E-state index is 0.0776. The monoisotopic (exact) mass is 394 g/mol. The van der Waals surface area contributed by atoms with Crippen molar-refractivity contribution in [3.8, 4) is 0 Å². The number of amides is 1. The third-order valence-corrected chi connectivity index (χ3v) is 5.57. The molecule has 0 unspecified atom stereocenters. The number of benzene rings is 2. The normalized spacial score (nSPS) is 12.1. The second-order valence-corrected chi connectivity index (χ2v) is 7.35. The first-order valence-electron chi connectivity index (χ1n) is 8.77. The number of rotatable bonds is 4. The smallest absolute Gasteiger partial charge is 0.286 e. The fraction of sp³-hybridized carbons (Fsp3) is 0.190. The highest BCUT2D eigenvalue weighted by Crippen LogP contribution is 2.21. The number of ether oxygens (including phenoxy) is 1. The highest BCUT2D eigenvalue weighted by atomic mass is 32.1. The summed E-state index contributed by atoms with van der Waals surface area (Å²) in [5.74, 6) is -0.616. The van der Waals surface area contributed by atoms with E-state index >= 15 is 0 Å². The zero-order chi connectivity index (χ0) is 19.7. The Kier molecular flexibility index (Phi) is 4.93. The van der Waals surface area contributed by atoms with Gasteiger partial charge in [-0.15, -0.1) is 0 Å². The molecule has 0 spiro atoms. The number of carbonyl (C=O) groups excluding carboxylic acids is 1. The van der Waals surface area contributed by atoms with Crippen LogP contribution in [0.5, 0.6) is 0 Å². The molecule has 7 heteroatoms. The number of aromatic nitrogens is 1. The fourth-order valence-corrected chi connectivity index (χ4v) is 4.29. The SMILES string of the molecule is COCCn1c(=NC(=O)c2coc3ccccc3c2=O)sc2cccc(C)c21. The second kappa shape index (κ2) is 7.53. The molecule has 0 saturated carbocycles. The summed E-state index contributed by atoms with van der Waals surface area (Å²) in [6, 6.07) is 12.8. The van der Waals surface area contributed by atoms with Gasteiger partial charge in [-0.1, -0.05) is 35.6 Å². The van der Waals surface area contributed by atoms with E-state index in [4.69, 9.17) is 9.15 Å². The first-order chi connectivity index (χ1) is 13.6. The molecule has 0 fully saturated rings. The van der Waals surface area contributed by atoms with Gasteiger partial charge in [0.05, 0.1) is 22.2 Å². The Morgan fingerprint density at radius 2 is 2.04 bits per heavy atom. The maximum absolute atomic E-state index is 12.8. The highest BCUT2D eigenvalue weighted by Gasteiger charge is 2.15. The Balaban J connectivity index is 1.88. The van der Waals surface area contributed by atoms with Gasteiger partial charge in [0, 0.05) is 13.7 Å². The number of thiazole rings is 1. The van der Waals surface area contributed by atoms with Crippen molar-refractivity contribution in [1.82, 2.24) is 4.57 Å². The number of para-hydroxylation sites is 2. The standard InChI is InChI=1S/C21H18N2O4S/c1-13-6-5-9-17-18(13)23(10-11-26-2)21(28-17)22-20(25)15-12-27-16-8-4-3-7-14(16)19(15)24/h3-9,12H,10-11H2,1-2H3. The zero-order valence-electron chi connectivity index (χ0n) is 15.5.